The molecule has 1 aliphatic heterocycles. The Balaban J connectivity index is 0.00000480. The summed E-state index contributed by atoms with van der Waals surface area (Å²) < 4.78 is 0. The first-order chi connectivity index (χ1) is 14.5. The standard InChI is InChI=1S/C21H32N6O3.2ClH/c22-21(23)25-12-6-9-17(15-28)26-19(29)14-27(13-16-7-2-1-3-8-16)20(30)18-10-4-5-11-24-18;;/h1-3,7-8,15,17-18,24H,4-6,9-14H2,(H,26,29)(H4,22,23,25);2*1H/t17-,18+;;/m0../s1. The smallest absolute Gasteiger partial charge is 0.240 e. The van der Waals surface area contributed by atoms with Gasteiger partial charge in [0.1, 0.15) is 6.29 Å². The molecular weight excluding hydrogens is 455 g/mol. The number of rotatable bonds is 11. The lowest BCUT2D eigenvalue weighted by Gasteiger charge is -2.30. The number of carbonyl (C=O) groups excluding carboxylic acids is 3. The number of amides is 2. The molecule has 1 heterocycles. The Kier molecular flexibility index (Phi) is 15.1. The fraction of sp³-hybridized carbons (Fsp3) is 0.524. The van der Waals surface area contributed by atoms with Crippen molar-refractivity contribution in [2.45, 2.75) is 50.7 Å². The summed E-state index contributed by atoms with van der Waals surface area (Å²) in [5.74, 6) is -0.466. The topological polar surface area (TPSA) is 143 Å². The number of carbonyl (C=O) groups is 3. The fourth-order valence-corrected chi connectivity index (χ4v) is 3.42. The zero-order valence-corrected chi connectivity index (χ0v) is 19.7. The van der Waals surface area contributed by atoms with Crippen LogP contribution in [-0.4, -0.2) is 60.7 Å². The monoisotopic (exact) mass is 488 g/mol. The Bertz CT molecular complexity index is 726. The molecule has 32 heavy (non-hydrogen) atoms. The first-order valence-electron chi connectivity index (χ1n) is 10.4. The summed E-state index contributed by atoms with van der Waals surface area (Å²) in [6.07, 6.45) is 4.46. The van der Waals surface area contributed by atoms with Gasteiger partial charge >= 0.3 is 0 Å². The molecule has 1 aromatic rings. The number of guanidine groups is 1. The molecule has 0 unspecified atom stereocenters. The van der Waals surface area contributed by atoms with Crippen molar-refractivity contribution in [3.63, 3.8) is 0 Å². The summed E-state index contributed by atoms with van der Waals surface area (Å²) in [5, 5.41) is 5.94. The molecule has 180 valence electrons. The Labute approximate surface area is 201 Å². The number of halogens is 2. The van der Waals surface area contributed by atoms with Gasteiger partial charge in [-0.3, -0.25) is 14.6 Å². The Morgan fingerprint density at radius 1 is 1.22 bits per heavy atom. The second kappa shape index (κ2) is 16.3. The molecule has 0 aromatic heterocycles. The van der Waals surface area contributed by atoms with Crippen LogP contribution in [0.3, 0.4) is 0 Å². The van der Waals surface area contributed by atoms with Crippen LogP contribution in [-0.2, 0) is 20.9 Å². The highest BCUT2D eigenvalue weighted by atomic mass is 35.5. The number of aldehydes is 1. The molecule has 0 radical (unpaired) electrons. The van der Waals surface area contributed by atoms with E-state index in [4.69, 9.17) is 11.5 Å². The fourth-order valence-electron chi connectivity index (χ4n) is 3.42. The van der Waals surface area contributed by atoms with Gasteiger partial charge in [0.25, 0.3) is 0 Å². The quantitative estimate of drug-likeness (QED) is 0.156. The number of nitrogens with zero attached hydrogens (tertiary/aromatic N) is 2. The van der Waals surface area contributed by atoms with Crippen LogP contribution in [0.1, 0.15) is 37.7 Å². The van der Waals surface area contributed by atoms with Crippen molar-refractivity contribution in [2.75, 3.05) is 19.6 Å². The number of nitrogens with one attached hydrogen (secondary N) is 2. The Morgan fingerprint density at radius 3 is 2.53 bits per heavy atom. The predicted octanol–water partition coefficient (Wildman–Crippen LogP) is 0.738. The first kappa shape index (κ1) is 29.6. The number of aliphatic imine (C=N–C) groups is 1. The highest BCUT2D eigenvalue weighted by molar-refractivity contribution is 5.88. The van der Waals surface area contributed by atoms with Gasteiger partial charge in [-0.25, -0.2) is 0 Å². The zero-order chi connectivity index (χ0) is 21.8. The molecule has 9 nitrogen and oxygen atoms in total. The summed E-state index contributed by atoms with van der Waals surface area (Å²) in [6, 6.07) is 8.62. The van der Waals surface area contributed by atoms with E-state index in [1.807, 2.05) is 30.3 Å². The normalized spacial score (nSPS) is 15.8. The van der Waals surface area contributed by atoms with Crippen molar-refractivity contribution in [1.82, 2.24) is 15.5 Å². The Morgan fingerprint density at radius 2 is 1.94 bits per heavy atom. The third kappa shape index (κ3) is 10.8. The molecule has 2 atom stereocenters. The van der Waals surface area contributed by atoms with Gasteiger partial charge in [-0.1, -0.05) is 36.8 Å². The molecule has 1 aliphatic rings. The molecule has 2 rings (SSSR count). The van der Waals surface area contributed by atoms with Crippen LogP contribution < -0.4 is 22.1 Å². The summed E-state index contributed by atoms with van der Waals surface area (Å²) in [5.41, 5.74) is 11.5. The van der Waals surface area contributed by atoms with E-state index >= 15 is 0 Å². The summed E-state index contributed by atoms with van der Waals surface area (Å²) in [7, 11) is 0. The summed E-state index contributed by atoms with van der Waals surface area (Å²) >= 11 is 0. The van der Waals surface area contributed by atoms with Gasteiger partial charge in [-0.15, -0.1) is 24.8 Å². The molecule has 1 saturated heterocycles. The first-order valence-corrected chi connectivity index (χ1v) is 10.4. The molecular formula is C21H34Cl2N6O3. The third-order valence-electron chi connectivity index (χ3n) is 4.95. The lowest BCUT2D eigenvalue weighted by atomic mass is 10.0. The number of nitrogens with two attached hydrogens (primary N) is 2. The van der Waals surface area contributed by atoms with Gasteiger partial charge in [-0.2, -0.15) is 0 Å². The van der Waals surface area contributed by atoms with Crippen LogP contribution in [0.2, 0.25) is 0 Å². The van der Waals surface area contributed by atoms with E-state index in [-0.39, 0.29) is 55.2 Å². The number of benzene rings is 1. The van der Waals surface area contributed by atoms with Gasteiger partial charge in [0.05, 0.1) is 18.6 Å². The summed E-state index contributed by atoms with van der Waals surface area (Å²) in [6.45, 7) is 1.41. The Hall–Kier alpha value is -2.36. The molecule has 2 amide bonds. The van der Waals surface area contributed by atoms with Gasteiger partial charge in [0, 0.05) is 13.1 Å². The van der Waals surface area contributed by atoms with Gasteiger partial charge < -0.3 is 31.8 Å². The summed E-state index contributed by atoms with van der Waals surface area (Å²) in [4.78, 5) is 42.4. The largest absolute Gasteiger partial charge is 0.370 e. The van der Waals surface area contributed by atoms with Crippen LogP contribution in [0.4, 0.5) is 0 Å². The lowest BCUT2D eigenvalue weighted by molar-refractivity contribution is -0.139. The predicted molar refractivity (Wildman–Crippen MR) is 130 cm³/mol. The van der Waals surface area contributed by atoms with E-state index in [9.17, 15) is 14.4 Å². The van der Waals surface area contributed by atoms with Gasteiger partial charge in [-0.05, 0) is 37.8 Å². The van der Waals surface area contributed by atoms with Gasteiger partial charge in [0.2, 0.25) is 11.8 Å². The average Bonchev–Trinajstić information content (AvgIpc) is 2.76. The highest BCUT2D eigenvalue weighted by Crippen LogP contribution is 2.13. The minimum absolute atomic E-state index is 0. The van der Waals surface area contributed by atoms with Gasteiger partial charge in [0.15, 0.2) is 5.96 Å². The SMILES string of the molecule is Cl.Cl.NC(N)=NCCC[C@@H](C=O)NC(=O)CN(Cc1ccccc1)C(=O)[C@H]1CCCCN1. The lowest BCUT2D eigenvalue weighted by Crippen LogP contribution is -2.51. The van der Waals surface area contributed by atoms with E-state index in [2.05, 4.69) is 15.6 Å². The van der Waals surface area contributed by atoms with Crippen LogP contribution in [0.5, 0.6) is 0 Å². The average molecular weight is 489 g/mol. The molecule has 6 N–H and O–H groups in total. The molecule has 0 spiro atoms. The second-order valence-electron chi connectivity index (χ2n) is 7.44. The molecule has 11 heteroatoms. The van der Waals surface area contributed by atoms with Crippen molar-refractivity contribution in [3.05, 3.63) is 35.9 Å². The zero-order valence-electron chi connectivity index (χ0n) is 18.1. The molecule has 1 fully saturated rings. The maximum absolute atomic E-state index is 13.0. The van der Waals surface area contributed by atoms with E-state index in [1.54, 1.807) is 4.90 Å². The minimum Gasteiger partial charge on any atom is -0.370 e. The van der Waals surface area contributed by atoms with E-state index in [1.165, 1.54) is 0 Å². The van der Waals surface area contributed by atoms with Crippen LogP contribution >= 0.6 is 24.8 Å². The molecule has 0 bridgehead atoms. The number of piperidine rings is 1. The van der Waals surface area contributed by atoms with Crippen molar-refractivity contribution < 1.29 is 14.4 Å². The van der Waals surface area contributed by atoms with Crippen LogP contribution in [0.25, 0.3) is 0 Å². The maximum Gasteiger partial charge on any atom is 0.240 e. The van der Waals surface area contributed by atoms with E-state index in [0.29, 0.717) is 32.2 Å². The van der Waals surface area contributed by atoms with Crippen molar-refractivity contribution >= 4 is 48.9 Å². The van der Waals surface area contributed by atoms with E-state index in [0.717, 1.165) is 31.4 Å². The highest BCUT2D eigenvalue weighted by Gasteiger charge is 2.27. The van der Waals surface area contributed by atoms with Crippen LogP contribution in [0.15, 0.2) is 35.3 Å². The van der Waals surface area contributed by atoms with Crippen molar-refractivity contribution in [3.8, 4) is 0 Å². The van der Waals surface area contributed by atoms with E-state index < -0.39 is 6.04 Å². The maximum atomic E-state index is 13.0. The molecule has 0 aliphatic carbocycles. The molecule has 1 aromatic carbocycles. The second-order valence-corrected chi connectivity index (χ2v) is 7.44. The van der Waals surface area contributed by atoms with Crippen LogP contribution in [0, 0.1) is 0 Å². The number of hydrogen-bond acceptors (Lipinski definition) is 5. The minimum atomic E-state index is -0.645. The number of hydrogen-bond donors (Lipinski definition) is 4. The van der Waals surface area contributed by atoms with Crippen molar-refractivity contribution in [1.29, 1.82) is 0 Å². The molecule has 0 saturated carbocycles. The van der Waals surface area contributed by atoms with Crippen molar-refractivity contribution in [2.24, 2.45) is 16.5 Å². The third-order valence-corrected chi connectivity index (χ3v) is 4.95.